The van der Waals surface area contributed by atoms with Crippen molar-refractivity contribution in [3.63, 3.8) is 0 Å². The molecule has 7 heteroatoms. The molecule has 3 heterocycles. The highest BCUT2D eigenvalue weighted by molar-refractivity contribution is 5.83. The second-order valence-electron chi connectivity index (χ2n) is 5.24. The summed E-state index contributed by atoms with van der Waals surface area (Å²) in [6.45, 7) is 2.01. The minimum atomic E-state index is -0.573. The fourth-order valence-corrected chi connectivity index (χ4v) is 2.32. The van der Waals surface area contributed by atoms with Crippen LogP contribution in [0, 0.1) is 6.92 Å². The van der Waals surface area contributed by atoms with Crippen molar-refractivity contribution >= 4 is 23.3 Å². The van der Waals surface area contributed by atoms with Gasteiger partial charge in [0.1, 0.15) is 18.4 Å². The lowest BCUT2D eigenvalue weighted by Crippen LogP contribution is -2.09. The van der Waals surface area contributed by atoms with Crippen LogP contribution in [0.1, 0.15) is 12.1 Å². The predicted octanol–water partition coefficient (Wildman–Crippen LogP) is 1.83. The topological polar surface area (TPSA) is 79.0 Å². The molecule has 7 nitrogen and oxygen atoms in total. The van der Waals surface area contributed by atoms with Crippen molar-refractivity contribution in [2.45, 2.75) is 20.1 Å². The van der Waals surface area contributed by atoms with Crippen LogP contribution in [0.3, 0.4) is 0 Å². The molecular weight excluding hydrogens is 296 g/mol. The summed E-state index contributed by atoms with van der Waals surface area (Å²) in [5.74, 6) is -0.573. The molecule has 0 unspecified atom stereocenters. The Bertz CT molecular complexity index is 879. The third-order valence-electron chi connectivity index (χ3n) is 3.65. The summed E-state index contributed by atoms with van der Waals surface area (Å²) in [6.07, 6.45) is 3.67. The summed E-state index contributed by atoms with van der Waals surface area (Å²) >= 11 is 0. The van der Waals surface area contributed by atoms with Crippen LogP contribution in [0.2, 0.25) is 0 Å². The molecule has 0 amide bonds. The maximum absolute atomic E-state index is 11.2. The summed E-state index contributed by atoms with van der Waals surface area (Å²) in [7, 11) is 1.98. The number of nitrogens with zero attached hydrogens (tertiary/aromatic N) is 4. The van der Waals surface area contributed by atoms with Crippen molar-refractivity contribution < 1.29 is 14.3 Å². The zero-order valence-corrected chi connectivity index (χ0v) is 12.9. The number of carbonyl (C=O) groups is 2. The quantitative estimate of drug-likeness (QED) is 0.408. The van der Waals surface area contributed by atoms with E-state index in [1.807, 2.05) is 30.7 Å². The van der Waals surface area contributed by atoms with Crippen molar-refractivity contribution in [1.82, 2.24) is 19.3 Å². The number of carbonyl (C=O) groups excluding carboxylic acids is 2. The van der Waals surface area contributed by atoms with Gasteiger partial charge in [0.15, 0.2) is 6.73 Å². The first kappa shape index (κ1) is 15.0. The van der Waals surface area contributed by atoms with Gasteiger partial charge in [-0.1, -0.05) is 0 Å². The second kappa shape index (κ2) is 6.04. The van der Waals surface area contributed by atoms with Gasteiger partial charge in [-0.25, -0.2) is 9.67 Å². The van der Waals surface area contributed by atoms with E-state index >= 15 is 0 Å². The van der Waals surface area contributed by atoms with Crippen LogP contribution in [0.4, 0.5) is 0 Å². The summed E-state index contributed by atoms with van der Waals surface area (Å²) in [5.41, 5.74) is 3.67. The molecule has 23 heavy (non-hydrogen) atoms. The van der Waals surface area contributed by atoms with Crippen LogP contribution in [-0.4, -0.2) is 31.6 Å². The number of hydrogen-bond acceptors (Lipinski definition) is 5. The van der Waals surface area contributed by atoms with Gasteiger partial charge in [-0.05, 0) is 25.1 Å². The van der Waals surface area contributed by atoms with Crippen LogP contribution in [-0.2, 0) is 28.1 Å². The smallest absolute Gasteiger partial charge is 0.314 e. The molecule has 0 radical (unpaired) electrons. The summed E-state index contributed by atoms with van der Waals surface area (Å²) in [5, 5.41) is 5.22. The van der Waals surface area contributed by atoms with Gasteiger partial charge in [0.05, 0.1) is 11.9 Å². The number of aryl methyl sites for hydroxylation is 2. The maximum Gasteiger partial charge on any atom is 0.314 e. The van der Waals surface area contributed by atoms with Crippen LogP contribution >= 0.6 is 0 Å². The summed E-state index contributed by atoms with van der Waals surface area (Å²) < 4.78 is 8.43. The molecular formula is C16H16N4O3. The lowest BCUT2D eigenvalue weighted by molar-refractivity contribution is -0.148. The van der Waals surface area contributed by atoms with Crippen LogP contribution in [0.15, 0.2) is 30.6 Å². The molecule has 0 N–H and O–H groups in total. The number of aldehydes is 1. The molecule has 0 aliphatic heterocycles. The molecule has 0 saturated carbocycles. The van der Waals surface area contributed by atoms with Crippen LogP contribution < -0.4 is 0 Å². The molecule has 0 aliphatic rings. The van der Waals surface area contributed by atoms with Gasteiger partial charge in [-0.2, -0.15) is 5.10 Å². The Morgan fingerprint density at radius 3 is 3.00 bits per heavy atom. The molecule has 0 fully saturated rings. The predicted molar refractivity (Wildman–Crippen MR) is 83.4 cm³/mol. The average molecular weight is 312 g/mol. The van der Waals surface area contributed by atoms with Gasteiger partial charge in [0.2, 0.25) is 0 Å². The van der Waals surface area contributed by atoms with Crippen LogP contribution in [0.25, 0.3) is 22.3 Å². The van der Waals surface area contributed by atoms with Gasteiger partial charge in [0, 0.05) is 29.9 Å². The molecule has 0 aliphatic carbocycles. The van der Waals surface area contributed by atoms with Crippen molar-refractivity contribution in [2.75, 3.05) is 0 Å². The van der Waals surface area contributed by atoms with Crippen molar-refractivity contribution in [2.24, 2.45) is 7.05 Å². The number of ether oxygens (including phenoxy) is 1. The first-order chi connectivity index (χ1) is 11.1. The molecule has 3 aromatic rings. The molecule has 0 saturated heterocycles. The lowest BCUT2D eigenvalue weighted by atomic mass is 10.2. The first-order valence-electron chi connectivity index (χ1n) is 7.13. The van der Waals surface area contributed by atoms with Crippen molar-refractivity contribution in [1.29, 1.82) is 0 Å². The summed E-state index contributed by atoms with van der Waals surface area (Å²) in [4.78, 5) is 26.0. The number of esters is 1. The third-order valence-corrected chi connectivity index (χ3v) is 3.65. The molecule has 0 spiro atoms. The first-order valence-corrected chi connectivity index (χ1v) is 7.13. The average Bonchev–Trinajstić information content (AvgIpc) is 3.11. The molecule has 0 bridgehead atoms. The van der Waals surface area contributed by atoms with E-state index in [0.29, 0.717) is 6.29 Å². The monoisotopic (exact) mass is 312 g/mol. The fraction of sp³-hybridized carbons (Fsp3) is 0.250. The van der Waals surface area contributed by atoms with Gasteiger partial charge < -0.3 is 14.1 Å². The van der Waals surface area contributed by atoms with Gasteiger partial charge in [-0.3, -0.25) is 4.79 Å². The van der Waals surface area contributed by atoms with Crippen LogP contribution in [0.5, 0.6) is 0 Å². The minimum absolute atomic E-state index is 0.0296. The fourth-order valence-electron chi connectivity index (χ4n) is 2.32. The molecule has 3 rings (SSSR count). The van der Waals surface area contributed by atoms with E-state index in [1.165, 1.54) is 4.68 Å². The molecule has 3 aromatic heterocycles. The minimum Gasteiger partial charge on any atom is -0.442 e. The Kier molecular flexibility index (Phi) is 3.92. The Balaban J connectivity index is 1.81. The number of aromatic nitrogens is 4. The second-order valence-corrected chi connectivity index (χ2v) is 5.24. The van der Waals surface area contributed by atoms with Gasteiger partial charge in [-0.15, -0.1) is 0 Å². The normalized spacial score (nSPS) is 10.9. The third kappa shape index (κ3) is 2.98. The van der Waals surface area contributed by atoms with E-state index in [1.54, 1.807) is 12.4 Å². The van der Waals surface area contributed by atoms with Gasteiger partial charge >= 0.3 is 5.97 Å². The highest BCUT2D eigenvalue weighted by Crippen LogP contribution is 2.22. The van der Waals surface area contributed by atoms with E-state index in [2.05, 4.69) is 16.1 Å². The largest absolute Gasteiger partial charge is 0.442 e. The Labute approximate surface area is 132 Å². The van der Waals surface area contributed by atoms with Crippen molar-refractivity contribution in [3.05, 3.63) is 36.3 Å². The number of hydrogen-bond donors (Lipinski definition) is 0. The lowest BCUT2D eigenvalue weighted by Gasteiger charge is -2.02. The number of pyridine rings is 1. The van der Waals surface area contributed by atoms with E-state index < -0.39 is 5.97 Å². The van der Waals surface area contributed by atoms with Crippen molar-refractivity contribution in [3.8, 4) is 11.3 Å². The Morgan fingerprint density at radius 1 is 1.39 bits per heavy atom. The van der Waals surface area contributed by atoms with E-state index in [4.69, 9.17) is 4.74 Å². The molecule has 118 valence electrons. The van der Waals surface area contributed by atoms with Gasteiger partial charge in [0.25, 0.3) is 0 Å². The highest BCUT2D eigenvalue weighted by atomic mass is 16.5. The zero-order valence-electron chi connectivity index (χ0n) is 12.9. The Hall–Kier alpha value is -2.96. The zero-order chi connectivity index (χ0) is 16.4. The Morgan fingerprint density at radius 2 is 2.22 bits per heavy atom. The maximum atomic E-state index is 11.2. The van der Waals surface area contributed by atoms with E-state index in [9.17, 15) is 9.59 Å². The molecule has 0 aromatic carbocycles. The van der Waals surface area contributed by atoms with E-state index in [0.717, 1.165) is 28.0 Å². The SMILES string of the molecule is Cc1cc2ccc(-c3cnn(COC(=O)CC=O)c3)nc2n1C. The number of fused-ring (bicyclic) bond motifs is 1. The number of rotatable bonds is 5. The standard InChI is InChI=1S/C16H16N4O3/c1-11-7-12-3-4-14(18-16(12)19(11)2)13-8-17-20(9-13)10-23-15(22)5-6-21/h3-4,6-9H,5,10H2,1-2H3. The van der Waals surface area contributed by atoms with E-state index in [-0.39, 0.29) is 13.2 Å². The summed E-state index contributed by atoms with van der Waals surface area (Å²) in [6, 6.07) is 6.04. The molecule has 0 atom stereocenters. The highest BCUT2D eigenvalue weighted by Gasteiger charge is 2.09.